The first kappa shape index (κ1) is 22.0. The Morgan fingerprint density at radius 2 is 1.68 bits per heavy atom. The molecule has 0 saturated carbocycles. The first-order valence-electron chi connectivity index (χ1n) is 11.5. The number of hydrogen-bond donors (Lipinski definition) is 0. The van der Waals surface area contributed by atoms with Crippen LogP contribution in [-0.4, -0.2) is 64.8 Å². The van der Waals surface area contributed by atoms with Gasteiger partial charge in [-0.1, -0.05) is 30.3 Å². The highest BCUT2D eigenvalue weighted by atomic mass is 16.5. The lowest BCUT2D eigenvalue weighted by Gasteiger charge is -2.32. The molecule has 4 aromatic rings. The molecule has 8 heteroatoms. The number of benzene rings is 2. The minimum absolute atomic E-state index is 0.156. The second-order valence-electron chi connectivity index (χ2n) is 8.55. The molecule has 1 saturated heterocycles. The van der Waals surface area contributed by atoms with Gasteiger partial charge in [-0.25, -0.2) is 9.97 Å². The summed E-state index contributed by atoms with van der Waals surface area (Å²) < 4.78 is 7.01. The van der Waals surface area contributed by atoms with E-state index in [0.29, 0.717) is 29.4 Å². The molecule has 5 rings (SSSR count). The maximum Gasteiger partial charge on any atom is 0.278 e. The molecule has 0 bridgehead atoms. The topological polar surface area (TPSA) is 76.4 Å². The van der Waals surface area contributed by atoms with Gasteiger partial charge >= 0.3 is 0 Å². The van der Waals surface area contributed by atoms with E-state index in [1.165, 1.54) is 5.56 Å². The maximum atomic E-state index is 13.7. The number of hydrogen-bond acceptors (Lipinski definition) is 7. The minimum atomic E-state index is -0.156. The number of ether oxygens (including phenoxy) is 1. The summed E-state index contributed by atoms with van der Waals surface area (Å²) in [5.74, 6) is 1.38. The molecule has 0 spiro atoms. The SMILES string of the molecule is COc1ccc(-c2nc3cnc(N4CCN(C)CC4)nc3n(CCc3ccccc3)c2=O)cc1. The molecule has 0 atom stereocenters. The molecule has 3 heterocycles. The highest BCUT2D eigenvalue weighted by molar-refractivity contribution is 5.75. The van der Waals surface area contributed by atoms with Crippen LogP contribution in [0.3, 0.4) is 0 Å². The van der Waals surface area contributed by atoms with E-state index < -0.39 is 0 Å². The second-order valence-corrected chi connectivity index (χ2v) is 8.55. The summed E-state index contributed by atoms with van der Waals surface area (Å²) in [7, 11) is 3.74. The van der Waals surface area contributed by atoms with E-state index in [-0.39, 0.29) is 5.56 Å². The van der Waals surface area contributed by atoms with E-state index in [1.807, 2.05) is 42.5 Å². The number of anilines is 1. The molecule has 174 valence electrons. The van der Waals surface area contributed by atoms with Gasteiger partial charge in [-0.3, -0.25) is 9.36 Å². The van der Waals surface area contributed by atoms with Crippen LogP contribution >= 0.6 is 0 Å². The van der Waals surface area contributed by atoms with Gasteiger partial charge in [0.2, 0.25) is 5.95 Å². The Bertz CT molecular complexity index is 1330. The van der Waals surface area contributed by atoms with Crippen molar-refractivity contribution in [2.75, 3.05) is 45.2 Å². The molecule has 1 fully saturated rings. The van der Waals surface area contributed by atoms with Crippen LogP contribution < -0.4 is 15.2 Å². The van der Waals surface area contributed by atoms with Gasteiger partial charge in [0.15, 0.2) is 5.65 Å². The Labute approximate surface area is 198 Å². The normalized spacial score (nSPS) is 14.5. The summed E-state index contributed by atoms with van der Waals surface area (Å²) in [4.78, 5) is 32.3. The largest absolute Gasteiger partial charge is 0.497 e. The summed E-state index contributed by atoms with van der Waals surface area (Å²) in [5.41, 5.74) is 3.32. The second kappa shape index (κ2) is 9.61. The predicted octanol–water partition coefficient (Wildman–Crippen LogP) is 2.86. The van der Waals surface area contributed by atoms with E-state index in [0.717, 1.165) is 43.9 Å². The third kappa shape index (κ3) is 4.49. The molecular weight excluding hydrogens is 428 g/mol. The molecule has 0 aliphatic carbocycles. The van der Waals surface area contributed by atoms with Crippen molar-refractivity contribution in [1.29, 1.82) is 0 Å². The Morgan fingerprint density at radius 3 is 2.38 bits per heavy atom. The van der Waals surface area contributed by atoms with Crippen molar-refractivity contribution < 1.29 is 4.74 Å². The zero-order valence-electron chi connectivity index (χ0n) is 19.5. The smallest absolute Gasteiger partial charge is 0.278 e. The molecule has 0 amide bonds. The van der Waals surface area contributed by atoms with Crippen molar-refractivity contribution >= 4 is 17.1 Å². The lowest BCUT2D eigenvalue weighted by atomic mass is 10.1. The van der Waals surface area contributed by atoms with Crippen molar-refractivity contribution in [3.8, 4) is 17.0 Å². The van der Waals surface area contributed by atoms with Gasteiger partial charge in [0, 0.05) is 38.3 Å². The number of rotatable bonds is 6. The molecule has 1 aliphatic heterocycles. The minimum Gasteiger partial charge on any atom is -0.497 e. The van der Waals surface area contributed by atoms with Crippen molar-refractivity contribution in [3.05, 3.63) is 76.7 Å². The standard InChI is InChI=1S/C26H28N6O2/c1-30-14-16-31(17-15-30)26-27-18-22-24(29-26)32(13-12-19-6-4-3-5-7-19)25(33)23(28-22)20-8-10-21(34-2)11-9-20/h3-11,18H,12-17H2,1-2H3. The van der Waals surface area contributed by atoms with Gasteiger partial charge in [-0.05, 0) is 43.3 Å². The highest BCUT2D eigenvalue weighted by Gasteiger charge is 2.20. The van der Waals surface area contributed by atoms with Crippen LogP contribution in [0.25, 0.3) is 22.4 Å². The number of nitrogens with zero attached hydrogens (tertiary/aromatic N) is 6. The molecule has 2 aromatic heterocycles. The summed E-state index contributed by atoms with van der Waals surface area (Å²) in [6.45, 7) is 4.12. The quantitative estimate of drug-likeness (QED) is 0.442. The molecule has 1 aliphatic rings. The van der Waals surface area contributed by atoms with Crippen molar-refractivity contribution in [2.24, 2.45) is 0 Å². The first-order chi connectivity index (χ1) is 16.6. The number of piperazine rings is 1. The Kier molecular flexibility index (Phi) is 6.22. The zero-order chi connectivity index (χ0) is 23.5. The van der Waals surface area contributed by atoms with Gasteiger partial charge in [0.25, 0.3) is 5.56 Å². The molecular formula is C26H28N6O2. The first-order valence-corrected chi connectivity index (χ1v) is 11.5. The lowest BCUT2D eigenvalue weighted by molar-refractivity contribution is 0.311. The highest BCUT2D eigenvalue weighted by Crippen LogP contribution is 2.21. The summed E-state index contributed by atoms with van der Waals surface area (Å²) in [6, 6.07) is 17.6. The number of fused-ring (bicyclic) bond motifs is 1. The van der Waals surface area contributed by atoms with Crippen LogP contribution in [0.2, 0.25) is 0 Å². The van der Waals surface area contributed by atoms with Crippen LogP contribution in [0, 0.1) is 0 Å². The van der Waals surface area contributed by atoms with Crippen LogP contribution in [0.15, 0.2) is 65.6 Å². The summed E-state index contributed by atoms with van der Waals surface area (Å²) >= 11 is 0. The fraction of sp³-hybridized carbons (Fsp3) is 0.308. The number of aromatic nitrogens is 4. The Hall–Kier alpha value is -3.78. The van der Waals surface area contributed by atoms with Gasteiger partial charge < -0.3 is 14.5 Å². The molecule has 2 aromatic carbocycles. The van der Waals surface area contributed by atoms with Crippen LogP contribution in [0.5, 0.6) is 5.75 Å². The third-order valence-corrected chi connectivity index (χ3v) is 6.29. The van der Waals surface area contributed by atoms with Crippen LogP contribution in [0.4, 0.5) is 5.95 Å². The van der Waals surface area contributed by atoms with Crippen LogP contribution in [-0.2, 0) is 13.0 Å². The Morgan fingerprint density at radius 1 is 0.941 bits per heavy atom. The van der Waals surface area contributed by atoms with E-state index in [2.05, 4.69) is 38.9 Å². The maximum absolute atomic E-state index is 13.7. The average Bonchev–Trinajstić information content (AvgIpc) is 2.89. The fourth-order valence-electron chi connectivity index (χ4n) is 4.22. The molecule has 0 radical (unpaired) electrons. The van der Waals surface area contributed by atoms with E-state index in [9.17, 15) is 4.79 Å². The monoisotopic (exact) mass is 456 g/mol. The molecule has 8 nitrogen and oxygen atoms in total. The van der Waals surface area contributed by atoms with Crippen LogP contribution in [0.1, 0.15) is 5.56 Å². The van der Waals surface area contributed by atoms with Gasteiger partial charge in [0.1, 0.15) is 17.0 Å². The lowest BCUT2D eigenvalue weighted by Crippen LogP contribution is -2.45. The van der Waals surface area contributed by atoms with Gasteiger partial charge in [-0.2, -0.15) is 4.98 Å². The third-order valence-electron chi connectivity index (χ3n) is 6.29. The van der Waals surface area contributed by atoms with Gasteiger partial charge in [0.05, 0.1) is 13.3 Å². The number of aryl methyl sites for hydroxylation is 2. The van der Waals surface area contributed by atoms with E-state index in [1.54, 1.807) is 17.9 Å². The fourth-order valence-corrected chi connectivity index (χ4v) is 4.22. The number of methoxy groups -OCH3 is 1. The summed E-state index contributed by atoms with van der Waals surface area (Å²) in [5, 5.41) is 0. The zero-order valence-corrected chi connectivity index (χ0v) is 19.5. The van der Waals surface area contributed by atoms with Crippen molar-refractivity contribution in [2.45, 2.75) is 13.0 Å². The molecule has 0 unspecified atom stereocenters. The van der Waals surface area contributed by atoms with Gasteiger partial charge in [-0.15, -0.1) is 0 Å². The van der Waals surface area contributed by atoms with E-state index in [4.69, 9.17) is 9.72 Å². The summed E-state index contributed by atoms with van der Waals surface area (Å²) in [6.07, 6.45) is 2.46. The predicted molar refractivity (Wildman–Crippen MR) is 133 cm³/mol. The number of likely N-dealkylation sites (N-methyl/N-ethyl adjacent to an activating group) is 1. The molecule has 0 N–H and O–H groups in total. The van der Waals surface area contributed by atoms with Crippen molar-refractivity contribution in [1.82, 2.24) is 24.4 Å². The molecule has 34 heavy (non-hydrogen) atoms. The average molecular weight is 457 g/mol. The van der Waals surface area contributed by atoms with E-state index >= 15 is 0 Å². The Balaban J connectivity index is 1.59. The van der Waals surface area contributed by atoms with Crippen molar-refractivity contribution in [3.63, 3.8) is 0 Å².